The van der Waals surface area contributed by atoms with Gasteiger partial charge in [0.1, 0.15) is 23.9 Å². The van der Waals surface area contributed by atoms with Gasteiger partial charge in [0, 0.05) is 19.0 Å². The van der Waals surface area contributed by atoms with Crippen molar-refractivity contribution in [3.63, 3.8) is 0 Å². The Morgan fingerprint density at radius 3 is 2.49 bits per heavy atom. The number of ether oxygens (including phenoxy) is 2. The van der Waals surface area contributed by atoms with Crippen molar-refractivity contribution in [3.05, 3.63) is 47.5 Å². The van der Waals surface area contributed by atoms with Gasteiger partial charge in [-0.1, -0.05) is 6.07 Å². The fourth-order valence-electron chi connectivity index (χ4n) is 4.36. The lowest BCUT2D eigenvalue weighted by atomic mass is 9.92. The number of nitrogens with zero attached hydrogens (tertiary/aromatic N) is 2. The number of rotatable bonds is 9. The molecule has 1 unspecified atom stereocenters. The summed E-state index contributed by atoms with van der Waals surface area (Å²) in [4.78, 5) is 53.7. The minimum absolute atomic E-state index is 0. The van der Waals surface area contributed by atoms with E-state index in [2.05, 4.69) is 5.32 Å². The Hall–Kier alpha value is -3.43. The molecule has 1 atom stereocenters. The van der Waals surface area contributed by atoms with Crippen LogP contribution in [0.5, 0.6) is 11.5 Å². The van der Waals surface area contributed by atoms with E-state index in [0.717, 1.165) is 11.4 Å². The second kappa shape index (κ2) is 11.7. The number of Topliss-reactive ketones (excluding diaryl/α,β-unsaturated/α-hetero) is 2. The third kappa shape index (κ3) is 6.11. The molecule has 2 aliphatic rings. The van der Waals surface area contributed by atoms with Gasteiger partial charge in [-0.05, 0) is 58.6 Å². The molecule has 198 valence electrons. The standard InChI is InChI=1S/C27H31N3O6.ClH/c1-16(2)36-24-15-18(35-13-12-29(3)4)9-10-20(24)28-21-7-5-6-19-25(21)27(34)30(26(19)33)22-11-8-17(31)14-23(22)32;/h5-7,9-10,15-16,22,28H,8,11-14H2,1-4H3;1H. The van der Waals surface area contributed by atoms with Crippen LogP contribution in [0.1, 0.15) is 53.8 Å². The Morgan fingerprint density at radius 1 is 1.05 bits per heavy atom. The minimum atomic E-state index is -0.915. The Morgan fingerprint density at radius 2 is 1.81 bits per heavy atom. The molecule has 0 radical (unpaired) electrons. The van der Waals surface area contributed by atoms with Crippen LogP contribution >= 0.6 is 12.4 Å². The second-order valence-electron chi connectivity index (χ2n) is 9.55. The highest BCUT2D eigenvalue weighted by atomic mass is 35.5. The summed E-state index contributed by atoms with van der Waals surface area (Å²) in [6.07, 6.45) is -0.0218. The minimum Gasteiger partial charge on any atom is -0.492 e. The molecule has 10 heteroatoms. The average molecular weight is 530 g/mol. The van der Waals surface area contributed by atoms with Crippen molar-refractivity contribution >= 4 is 47.2 Å². The van der Waals surface area contributed by atoms with Gasteiger partial charge in [0.2, 0.25) is 0 Å². The number of carbonyl (C=O) groups is 4. The number of hydrogen-bond donors (Lipinski definition) is 1. The maximum absolute atomic E-state index is 13.4. The Kier molecular flexibility index (Phi) is 8.94. The van der Waals surface area contributed by atoms with E-state index in [1.54, 1.807) is 30.3 Å². The smallest absolute Gasteiger partial charge is 0.264 e. The van der Waals surface area contributed by atoms with Gasteiger partial charge >= 0.3 is 0 Å². The maximum atomic E-state index is 13.4. The third-order valence-electron chi connectivity index (χ3n) is 6.09. The van der Waals surface area contributed by atoms with Crippen LogP contribution in [0.25, 0.3) is 0 Å². The number of anilines is 2. The largest absolute Gasteiger partial charge is 0.492 e. The first-order valence-corrected chi connectivity index (χ1v) is 12.1. The average Bonchev–Trinajstić information content (AvgIpc) is 3.06. The Labute approximate surface area is 222 Å². The molecule has 9 nitrogen and oxygen atoms in total. The van der Waals surface area contributed by atoms with Gasteiger partial charge in [0.25, 0.3) is 11.8 Å². The molecular weight excluding hydrogens is 498 g/mol. The van der Waals surface area contributed by atoms with E-state index >= 15 is 0 Å². The predicted molar refractivity (Wildman–Crippen MR) is 141 cm³/mol. The van der Waals surface area contributed by atoms with Crippen molar-refractivity contribution in [2.45, 2.75) is 45.3 Å². The van der Waals surface area contributed by atoms with Crippen LogP contribution in [0.15, 0.2) is 36.4 Å². The zero-order valence-electron chi connectivity index (χ0n) is 21.4. The number of benzene rings is 2. The summed E-state index contributed by atoms with van der Waals surface area (Å²) >= 11 is 0. The third-order valence-corrected chi connectivity index (χ3v) is 6.09. The normalized spacial score (nSPS) is 17.2. The predicted octanol–water partition coefficient (Wildman–Crippen LogP) is 3.87. The van der Waals surface area contributed by atoms with Crippen LogP contribution < -0.4 is 14.8 Å². The number of fused-ring (bicyclic) bond motifs is 1. The number of hydrogen-bond acceptors (Lipinski definition) is 8. The Bertz CT molecular complexity index is 1210. The van der Waals surface area contributed by atoms with Gasteiger partial charge in [0.15, 0.2) is 5.78 Å². The molecule has 1 heterocycles. The molecule has 1 aliphatic carbocycles. The van der Waals surface area contributed by atoms with Gasteiger partial charge in [-0.3, -0.25) is 24.1 Å². The van der Waals surface area contributed by atoms with Crippen LogP contribution in [0.3, 0.4) is 0 Å². The number of ketones is 2. The fourth-order valence-corrected chi connectivity index (χ4v) is 4.36. The molecule has 0 aromatic heterocycles. The first kappa shape index (κ1) is 28.1. The van der Waals surface area contributed by atoms with Gasteiger partial charge in [-0.15, -0.1) is 12.4 Å². The van der Waals surface area contributed by atoms with Crippen molar-refractivity contribution in [3.8, 4) is 11.5 Å². The molecule has 1 saturated carbocycles. The van der Waals surface area contributed by atoms with Gasteiger partial charge in [0.05, 0.1) is 41.1 Å². The van der Waals surface area contributed by atoms with E-state index in [-0.39, 0.29) is 54.7 Å². The summed E-state index contributed by atoms with van der Waals surface area (Å²) in [5.74, 6) is -0.427. The second-order valence-corrected chi connectivity index (χ2v) is 9.55. The van der Waals surface area contributed by atoms with E-state index in [1.807, 2.05) is 38.9 Å². The number of likely N-dealkylation sites (N-methyl/N-ethyl adjacent to an activating group) is 1. The molecular formula is C27H32ClN3O6. The molecule has 0 spiro atoms. The zero-order chi connectivity index (χ0) is 26.0. The van der Waals surface area contributed by atoms with E-state index in [4.69, 9.17) is 9.47 Å². The highest BCUT2D eigenvalue weighted by Gasteiger charge is 2.45. The van der Waals surface area contributed by atoms with Crippen molar-refractivity contribution < 1.29 is 28.7 Å². The highest BCUT2D eigenvalue weighted by molar-refractivity contribution is 6.26. The molecule has 2 aromatic rings. The zero-order valence-corrected chi connectivity index (χ0v) is 22.2. The molecule has 1 aliphatic heterocycles. The first-order chi connectivity index (χ1) is 17.2. The summed E-state index contributed by atoms with van der Waals surface area (Å²) in [5.41, 5.74) is 1.47. The SMILES string of the molecule is CC(C)Oc1cc(OCCN(C)C)ccc1Nc1cccc2c1C(=O)N(C1CCC(=O)CC1=O)C2=O.Cl. The van der Waals surface area contributed by atoms with Gasteiger partial charge < -0.3 is 19.7 Å². The molecule has 0 bridgehead atoms. The Balaban J connectivity index is 0.00000380. The summed E-state index contributed by atoms with van der Waals surface area (Å²) < 4.78 is 11.8. The van der Waals surface area contributed by atoms with Crippen LogP contribution in [-0.4, -0.2) is 72.6 Å². The summed E-state index contributed by atoms with van der Waals surface area (Å²) in [6, 6.07) is 9.46. The number of nitrogens with one attached hydrogen (secondary N) is 1. The van der Waals surface area contributed by atoms with Crippen LogP contribution in [-0.2, 0) is 9.59 Å². The van der Waals surface area contributed by atoms with Gasteiger partial charge in [-0.2, -0.15) is 0 Å². The van der Waals surface area contributed by atoms with Crippen molar-refractivity contribution in [1.82, 2.24) is 9.80 Å². The van der Waals surface area contributed by atoms with E-state index in [9.17, 15) is 19.2 Å². The first-order valence-electron chi connectivity index (χ1n) is 12.1. The van der Waals surface area contributed by atoms with Gasteiger partial charge in [-0.25, -0.2) is 0 Å². The molecule has 2 aromatic carbocycles. The van der Waals surface area contributed by atoms with Crippen molar-refractivity contribution in [2.75, 3.05) is 32.6 Å². The van der Waals surface area contributed by atoms with E-state index in [1.165, 1.54) is 0 Å². The number of halogens is 1. The quantitative estimate of drug-likeness (QED) is 0.385. The van der Waals surface area contributed by atoms with Crippen molar-refractivity contribution in [1.29, 1.82) is 0 Å². The molecule has 1 fully saturated rings. The molecule has 2 amide bonds. The summed E-state index contributed by atoms with van der Waals surface area (Å²) in [7, 11) is 3.94. The lowest BCUT2D eigenvalue weighted by Gasteiger charge is -2.27. The number of imide groups is 1. The van der Waals surface area contributed by atoms with Crippen molar-refractivity contribution in [2.24, 2.45) is 0 Å². The molecule has 4 rings (SSSR count). The summed E-state index contributed by atoms with van der Waals surface area (Å²) in [5, 5.41) is 3.24. The molecule has 0 saturated heterocycles. The fraction of sp³-hybridized carbons (Fsp3) is 0.407. The maximum Gasteiger partial charge on any atom is 0.264 e. The lowest BCUT2D eigenvalue weighted by molar-refractivity contribution is -0.132. The monoisotopic (exact) mass is 529 g/mol. The highest BCUT2D eigenvalue weighted by Crippen LogP contribution is 2.37. The van der Waals surface area contributed by atoms with Crippen LogP contribution in [0.2, 0.25) is 0 Å². The molecule has 37 heavy (non-hydrogen) atoms. The van der Waals surface area contributed by atoms with Crippen LogP contribution in [0.4, 0.5) is 11.4 Å². The van der Waals surface area contributed by atoms with Crippen LogP contribution in [0, 0.1) is 0 Å². The topological polar surface area (TPSA) is 105 Å². The number of amides is 2. The van der Waals surface area contributed by atoms with E-state index < -0.39 is 23.6 Å². The lowest BCUT2D eigenvalue weighted by Crippen LogP contribution is -2.47. The molecule has 1 N–H and O–H groups in total. The van der Waals surface area contributed by atoms with E-state index in [0.29, 0.717) is 29.5 Å². The number of carbonyl (C=O) groups excluding carboxylic acids is 4. The summed E-state index contributed by atoms with van der Waals surface area (Å²) in [6.45, 7) is 5.11.